The molecule has 0 amide bonds. The van der Waals surface area contributed by atoms with E-state index in [-0.39, 0.29) is 18.8 Å². The van der Waals surface area contributed by atoms with Gasteiger partial charge in [-0.2, -0.15) is 0 Å². The van der Waals surface area contributed by atoms with Crippen LogP contribution >= 0.6 is 0 Å². The minimum atomic E-state index is -2.19. The molecule has 5 nitrogen and oxygen atoms in total. The molecule has 1 rings (SSSR count). The van der Waals surface area contributed by atoms with Crippen LogP contribution < -0.4 is 5.32 Å². The summed E-state index contributed by atoms with van der Waals surface area (Å²) >= 11 is 0. The van der Waals surface area contributed by atoms with Crippen molar-refractivity contribution in [3.8, 4) is 0 Å². The number of morpholine rings is 1. The second-order valence-corrected chi connectivity index (χ2v) is 8.12. The maximum absolute atomic E-state index is 8.96. The van der Waals surface area contributed by atoms with Gasteiger partial charge in [0.15, 0.2) is 0 Å². The Kier molecular flexibility index (Phi) is 7.36. The van der Waals surface area contributed by atoms with Gasteiger partial charge in [-0.1, -0.05) is 0 Å². The highest BCUT2D eigenvalue weighted by atomic mass is 28.4. The van der Waals surface area contributed by atoms with Crippen molar-refractivity contribution in [2.45, 2.75) is 45.1 Å². The Morgan fingerprint density at radius 3 is 2.89 bits per heavy atom. The van der Waals surface area contributed by atoms with Gasteiger partial charge in [0.2, 0.25) is 0 Å². The molecule has 0 aromatic heterocycles. The summed E-state index contributed by atoms with van der Waals surface area (Å²) in [5.41, 5.74) is 0. The maximum Gasteiger partial charge on any atom is 0.335 e. The highest BCUT2D eigenvalue weighted by Gasteiger charge is 2.35. The number of aliphatic hydroxyl groups excluding tert-OH is 1. The lowest BCUT2D eigenvalue weighted by Gasteiger charge is -2.35. The van der Waals surface area contributed by atoms with Crippen LogP contribution in [-0.4, -0.2) is 58.8 Å². The molecule has 1 aliphatic rings. The van der Waals surface area contributed by atoms with Gasteiger partial charge in [0.25, 0.3) is 0 Å². The molecule has 18 heavy (non-hydrogen) atoms. The Labute approximate surface area is 111 Å². The van der Waals surface area contributed by atoms with E-state index in [9.17, 15) is 0 Å². The molecular formula is C12H27NO4Si. The van der Waals surface area contributed by atoms with Crippen molar-refractivity contribution >= 4 is 8.56 Å². The monoisotopic (exact) mass is 277 g/mol. The lowest BCUT2D eigenvalue weighted by Crippen LogP contribution is -2.50. The number of hydrogen-bond acceptors (Lipinski definition) is 5. The molecule has 0 spiro atoms. The first-order valence-electron chi connectivity index (χ1n) is 6.86. The van der Waals surface area contributed by atoms with Crippen LogP contribution in [0.2, 0.25) is 12.6 Å². The third kappa shape index (κ3) is 5.34. The minimum Gasteiger partial charge on any atom is -0.396 e. The van der Waals surface area contributed by atoms with Crippen molar-refractivity contribution in [1.29, 1.82) is 0 Å². The van der Waals surface area contributed by atoms with Crippen LogP contribution in [0.3, 0.4) is 0 Å². The highest BCUT2D eigenvalue weighted by molar-refractivity contribution is 6.66. The van der Waals surface area contributed by atoms with Crippen molar-refractivity contribution in [3.05, 3.63) is 0 Å². The molecule has 1 fully saturated rings. The summed E-state index contributed by atoms with van der Waals surface area (Å²) in [7, 11) is -2.19. The zero-order valence-corrected chi connectivity index (χ0v) is 12.8. The van der Waals surface area contributed by atoms with Crippen molar-refractivity contribution in [2.75, 3.05) is 32.9 Å². The van der Waals surface area contributed by atoms with E-state index in [1.807, 2.05) is 13.8 Å². The Morgan fingerprint density at radius 2 is 2.33 bits per heavy atom. The first-order chi connectivity index (χ1) is 8.61. The normalized spacial score (nSPS) is 25.7. The summed E-state index contributed by atoms with van der Waals surface area (Å²) in [4.78, 5) is 0. The van der Waals surface area contributed by atoms with E-state index >= 15 is 0 Å². The second kappa shape index (κ2) is 8.24. The first kappa shape index (κ1) is 16.1. The molecule has 0 saturated carbocycles. The molecule has 0 bridgehead atoms. The molecule has 0 aromatic rings. The Bertz CT molecular complexity index is 226. The van der Waals surface area contributed by atoms with Crippen molar-refractivity contribution in [3.63, 3.8) is 0 Å². The molecule has 0 aromatic carbocycles. The van der Waals surface area contributed by atoms with E-state index in [0.29, 0.717) is 6.61 Å². The third-order valence-corrected chi connectivity index (χ3v) is 6.19. The molecule has 1 heterocycles. The lowest BCUT2D eigenvalue weighted by atomic mass is 10.2. The molecule has 3 unspecified atom stereocenters. The molecule has 6 heteroatoms. The fourth-order valence-corrected chi connectivity index (χ4v) is 4.91. The zero-order valence-electron chi connectivity index (χ0n) is 11.8. The Balaban J connectivity index is 2.47. The number of ether oxygens (including phenoxy) is 1. The van der Waals surface area contributed by atoms with Crippen LogP contribution in [-0.2, 0) is 13.6 Å². The Hall–Kier alpha value is 0.0169. The zero-order chi connectivity index (χ0) is 13.4. The molecule has 0 aliphatic carbocycles. The number of nitrogens with one attached hydrogen (secondary N) is 1. The predicted octanol–water partition coefficient (Wildman–Crippen LogP) is 0.871. The van der Waals surface area contributed by atoms with E-state index in [1.165, 1.54) is 0 Å². The number of aliphatic hydroxyl groups is 1. The van der Waals surface area contributed by atoms with Gasteiger partial charge in [-0.15, -0.1) is 0 Å². The van der Waals surface area contributed by atoms with E-state index in [2.05, 4.69) is 11.9 Å². The average molecular weight is 277 g/mol. The van der Waals surface area contributed by atoms with Crippen LogP contribution in [0.1, 0.15) is 20.3 Å². The average Bonchev–Trinajstić information content (AvgIpc) is 2.38. The van der Waals surface area contributed by atoms with Crippen LogP contribution in [0.5, 0.6) is 0 Å². The molecule has 1 saturated heterocycles. The van der Waals surface area contributed by atoms with Gasteiger partial charge >= 0.3 is 8.56 Å². The topological polar surface area (TPSA) is 60.0 Å². The fraction of sp³-hybridized carbons (Fsp3) is 1.00. The predicted molar refractivity (Wildman–Crippen MR) is 72.9 cm³/mol. The van der Waals surface area contributed by atoms with Gasteiger partial charge in [0.1, 0.15) is 0 Å². The van der Waals surface area contributed by atoms with Gasteiger partial charge in [-0.3, -0.25) is 0 Å². The molecular weight excluding hydrogens is 250 g/mol. The summed E-state index contributed by atoms with van der Waals surface area (Å²) < 4.78 is 17.7. The van der Waals surface area contributed by atoms with Crippen LogP contribution in [0.15, 0.2) is 0 Å². The van der Waals surface area contributed by atoms with Crippen LogP contribution in [0.4, 0.5) is 0 Å². The number of rotatable bonds is 8. The SMILES string of the molecule is CCO[Si](C)(CCCO)OC(C)C1CNCCO1. The van der Waals surface area contributed by atoms with E-state index in [4.69, 9.17) is 18.7 Å². The third-order valence-electron chi connectivity index (χ3n) is 3.15. The van der Waals surface area contributed by atoms with Crippen LogP contribution in [0.25, 0.3) is 0 Å². The lowest BCUT2D eigenvalue weighted by molar-refractivity contribution is -0.0471. The minimum absolute atomic E-state index is 0.0275. The summed E-state index contributed by atoms with van der Waals surface area (Å²) in [6, 6.07) is 0.821. The van der Waals surface area contributed by atoms with Gasteiger partial charge in [-0.05, 0) is 32.9 Å². The molecule has 1 aliphatic heterocycles. The van der Waals surface area contributed by atoms with Gasteiger partial charge in [-0.25, -0.2) is 0 Å². The van der Waals surface area contributed by atoms with Crippen molar-refractivity contribution in [2.24, 2.45) is 0 Å². The van der Waals surface area contributed by atoms with E-state index < -0.39 is 8.56 Å². The molecule has 2 N–H and O–H groups in total. The van der Waals surface area contributed by atoms with E-state index in [1.54, 1.807) is 0 Å². The largest absolute Gasteiger partial charge is 0.396 e. The quantitative estimate of drug-likeness (QED) is 0.645. The van der Waals surface area contributed by atoms with Crippen molar-refractivity contribution < 1.29 is 18.7 Å². The van der Waals surface area contributed by atoms with E-state index in [0.717, 1.165) is 32.2 Å². The van der Waals surface area contributed by atoms with Crippen molar-refractivity contribution in [1.82, 2.24) is 5.32 Å². The molecule has 0 radical (unpaired) electrons. The number of hydrogen-bond donors (Lipinski definition) is 2. The summed E-state index contributed by atoms with van der Waals surface area (Å²) in [6.45, 7) is 9.42. The summed E-state index contributed by atoms with van der Waals surface area (Å²) in [5.74, 6) is 0. The molecule has 3 atom stereocenters. The van der Waals surface area contributed by atoms with Gasteiger partial charge in [0, 0.05) is 26.3 Å². The smallest absolute Gasteiger partial charge is 0.335 e. The van der Waals surface area contributed by atoms with Gasteiger partial charge < -0.3 is 24.0 Å². The summed E-state index contributed by atoms with van der Waals surface area (Å²) in [5, 5.41) is 12.3. The summed E-state index contributed by atoms with van der Waals surface area (Å²) in [6.07, 6.45) is 0.860. The first-order valence-corrected chi connectivity index (χ1v) is 9.38. The maximum atomic E-state index is 8.96. The standard InChI is InChI=1S/C12H27NO4Si/c1-4-16-18(3,9-5-7-14)17-11(2)12-10-13-6-8-15-12/h11-14H,4-10H2,1-3H3. The second-order valence-electron chi connectivity index (χ2n) is 4.83. The molecule has 108 valence electrons. The Morgan fingerprint density at radius 1 is 1.56 bits per heavy atom. The fourth-order valence-electron chi connectivity index (χ4n) is 2.23. The van der Waals surface area contributed by atoms with Gasteiger partial charge in [0.05, 0.1) is 18.8 Å². The van der Waals surface area contributed by atoms with Crippen LogP contribution in [0, 0.1) is 0 Å². The highest BCUT2D eigenvalue weighted by Crippen LogP contribution is 2.20.